The molecule has 0 saturated carbocycles. The lowest BCUT2D eigenvalue weighted by Gasteiger charge is -2.22. The van der Waals surface area contributed by atoms with Gasteiger partial charge in [0.15, 0.2) is 0 Å². The molecule has 0 heterocycles. The molecule has 1 heteroatoms. The molecular formula is C15H24O. The van der Waals surface area contributed by atoms with E-state index in [4.69, 9.17) is 0 Å². The van der Waals surface area contributed by atoms with Gasteiger partial charge >= 0.3 is 0 Å². The molecule has 0 bridgehead atoms. The number of aliphatic hydroxyl groups excluding tert-OH is 1. The summed E-state index contributed by atoms with van der Waals surface area (Å²) in [6.07, 6.45) is 2.10. The van der Waals surface area contributed by atoms with E-state index in [2.05, 4.69) is 46.8 Å². The standard InChI is InChI=1S/C15H24O/c1-11-8-12(2)14(13(3)9-11)6-7-15(4,5)10-16/h8-9,16H,6-7,10H2,1-5H3. The largest absolute Gasteiger partial charge is 0.396 e. The van der Waals surface area contributed by atoms with Crippen LogP contribution in [0.4, 0.5) is 0 Å². The fraction of sp³-hybridized carbons (Fsp3) is 0.600. The second kappa shape index (κ2) is 5.01. The minimum Gasteiger partial charge on any atom is -0.396 e. The van der Waals surface area contributed by atoms with E-state index >= 15 is 0 Å². The molecule has 1 aromatic carbocycles. The molecule has 90 valence electrons. The highest BCUT2D eigenvalue weighted by atomic mass is 16.3. The molecule has 1 rings (SSSR count). The van der Waals surface area contributed by atoms with Crippen molar-refractivity contribution < 1.29 is 5.11 Å². The topological polar surface area (TPSA) is 20.2 Å². The zero-order valence-corrected chi connectivity index (χ0v) is 11.2. The summed E-state index contributed by atoms with van der Waals surface area (Å²) >= 11 is 0. The van der Waals surface area contributed by atoms with Crippen LogP contribution < -0.4 is 0 Å². The van der Waals surface area contributed by atoms with E-state index in [1.165, 1.54) is 22.3 Å². The lowest BCUT2D eigenvalue weighted by Crippen LogP contribution is -2.17. The predicted molar refractivity (Wildman–Crippen MR) is 69.8 cm³/mol. The molecule has 1 aromatic rings. The van der Waals surface area contributed by atoms with Crippen molar-refractivity contribution >= 4 is 0 Å². The van der Waals surface area contributed by atoms with Crippen LogP contribution in [0.15, 0.2) is 12.1 Å². The molecule has 16 heavy (non-hydrogen) atoms. The molecule has 1 N–H and O–H groups in total. The molecule has 0 fully saturated rings. The average molecular weight is 220 g/mol. The quantitative estimate of drug-likeness (QED) is 0.822. The number of aliphatic hydroxyl groups is 1. The van der Waals surface area contributed by atoms with Crippen LogP contribution in [-0.2, 0) is 6.42 Å². The highest BCUT2D eigenvalue weighted by molar-refractivity contribution is 5.37. The molecule has 0 atom stereocenters. The summed E-state index contributed by atoms with van der Waals surface area (Å²) in [5.41, 5.74) is 5.58. The van der Waals surface area contributed by atoms with Gasteiger partial charge in [0.25, 0.3) is 0 Å². The van der Waals surface area contributed by atoms with Gasteiger partial charge in [0.2, 0.25) is 0 Å². The molecule has 0 aliphatic rings. The Labute approximate surface area is 99.5 Å². The third-order valence-corrected chi connectivity index (χ3v) is 3.32. The van der Waals surface area contributed by atoms with Crippen molar-refractivity contribution in [2.45, 2.75) is 47.5 Å². The summed E-state index contributed by atoms with van der Waals surface area (Å²) in [5.74, 6) is 0. The van der Waals surface area contributed by atoms with Gasteiger partial charge in [-0.05, 0) is 55.7 Å². The van der Waals surface area contributed by atoms with Gasteiger partial charge in [-0.15, -0.1) is 0 Å². The Morgan fingerprint density at radius 1 is 1.06 bits per heavy atom. The zero-order valence-electron chi connectivity index (χ0n) is 11.2. The second-order valence-corrected chi connectivity index (χ2v) is 5.70. The van der Waals surface area contributed by atoms with Crippen molar-refractivity contribution in [3.8, 4) is 0 Å². The number of hydrogen-bond acceptors (Lipinski definition) is 1. The first-order valence-electron chi connectivity index (χ1n) is 6.03. The van der Waals surface area contributed by atoms with Crippen molar-refractivity contribution in [1.29, 1.82) is 0 Å². The van der Waals surface area contributed by atoms with Crippen LogP contribution in [0.3, 0.4) is 0 Å². The minimum absolute atomic E-state index is 0.0315. The fourth-order valence-corrected chi connectivity index (χ4v) is 2.15. The Balaban J connectivity index is 2.82. The number of rotatable bonds is 4. The summed E-state index contributed by atoms with van der Waals surface area (Å²) in [5, 5.41) is 9.25. The van der Waals surface area contributed by atoms with E-state index in [-0.39, 0.29) is 12.0 Å². The highest BCUT2D eigenvalue weighted by Crippen LogP contribution is 2.25. The molecule has 0 unspecified atom stereocenters. The Bertz CT molecular complexity index is 341. The maximum Gasteiger partial charge on any atom is 0.0482 e. The lowest BCUT2D eigenvalue weighted by atomic mass is 9.85. The van der Waals surface area contributed by atoms with Crippen LogP contribution in [0.1, 0.15) is 42.5 Å². The van der Waals surface area contributed by atoms with Gasteiger partial charge in [0.05, 0.1) is 0 Å². The smallest absolute Gasteiger partial charge is 0.0482 e. The first-order chi connectivity index (χ1) is 7.35. The zero-order chi connectivity index (χ0) is 12.3. The molecule has 1 nitrogen and oxygen atoms in total. The van der Waals surface area contributed by atoms with Crippen LogP contribution in [-0.4, -0.2) is 11.7 Å². The monoisotopic (exact) mass is 220 g/mol. The van der Waals surface area contributed by atoms with E-state index in [1.54, 1.807) is 0 Å². The van der Waals surface area contributed by atoms with Gasteiger partial charge in [-0.1, -0.05) is 31.5 Å². The van der Waals surface area contributed by atoms with Gasteiger partial charge in [0, 0.05) is 6.61 Å². The third kappa shape index (κ3) is 3.34. The van der Waals surface area contributed by atoms with Crippen LogP contribution in [0.5, 0.6) is 0 Å². The molecule has 0 aliphatic carbocycles. The Morgan fingerprint density at radius 2 is 1.56 bits per heavy atom. The van der Waals surface area contributed by atoms with Gasteiger partial charge < -0.3 is 5.11 Å². The Kier molecular flexibility index (Phi) is 4.15. The van der Waals surface area contributed by atoms with Crippen molar-refractivity contribution in [2.24, 2.45) is 5.41 Å². The normalized spacial score (nSPS) is 11.9. The van der Waals surface area contributed by atoms with Crippen molar-refractivity contribution in [1.82, 2.24) is 0 Å². The van der Waals surface area contributed by atoms with Crippen molar-refractivity contribution in [3.05, 3.63) is 34.4 Å². The van der Waals surface area contributed by atoms with E-state index in [0.29, 0.717) is 0 Å². The van der Waals surface area contributed by atoms with Gasteiger partial charge in [-0.3, -0.25) is 0 Å². The van der Waals surface area contributed by atoms with Gasteiger partial charge in [0.1, 0.15) is 0 Å². The molecular weight excluding hydrogens is 196 g/mol. The maximum absolute atomic E-state index is 9.25. The third-order valence-electron chi connectivity index (χ3n) is 3.32. The summed E-state index contributed by atoms with van der Waals surface area (Å²) in [7, 11) is 0. The number of aryl methyl sites for hydroxylation is 3. The number of hydrogen-bond donors (Lipinski definition) is 1. The maximum atomic E-state index is 9.25. The molecule has 0 spiro atoms. The first kappa shape index (κ1) is 13.2. The highest BCUT2D eigenvalue weighted by Gasteiger charge is 2.17. The minimum atomic E-state index is 0.0315. The van der Waals surface area contributed by atoms with Crippen molar-refractivity contribution in [2.75, 3.05) is 6.61 Å². The number of benzene rings is 1. The van der Waals surface area contributed by atoms with Gasteiger partial charge in [-0.25, -0.2) is 0 Å². The summed E-state index contributed by atoms with van der Waals surface area (Å²) in [4.78, 5) is 0. The van der Waals surface area contributed by atoms with Crippen LogP contribution in [0, 0.1) is 26.2 Å². The first-order valence-corrected chi connectivity index (χ1v) is 6.03. The molecule has 0 aromatic heterocycles. The predicted octanol–water partition coefficient (Wildman–Crippen LogP) is 3.56. The van der Waals surface area contributed by atoms with E-state index < -0.39 is 0 Å². The summed E-state index contributed by atoms with van der Waals surface area (Å²) < 4.78 is 0. The van der Waals surface area contributed by atoms with E-state index in [9.17, 15) is 5.11 Å². The van der Waals surface area contributed by atoms with Crippen LogP contribution >= 0.6 is 0 Å². The van der Waals surface area contributed by atoms with Gasteiger partial charge in [-0.2, -0.15) is 0 Å². The molecule has 0 amide bonds. The summed E-state index contributed by atoms with van der Waals surface area (Å²) in [6.45, 7) is 11.0. The average Bonchev–Trinajstić information content (AvgIpc) is 2.16. The van der Waals surface area contributed by atoms with Crippen LogP contribution in [0.25, 0.3) is 0 Å². The Hall–Kier alpha value is -0.820. The fourth-order valence-electron chi connectivity index (χ4n) is 2.15. The Morgan fingerprint density at radius 3 is 2.00 bits per heavy atom. The van der Waals surface area contributed by atoms with E-state index in [1.807, 2.05) is 0 Å². The lowest BCUT2D eigenvalue weighted by molar-refractivity contribution is 0.150. The molecule has 0 aliphatic heterocycles. The SMILES string of the molecule is Cc1cc(C)c(CCC(C)(C)CO)c(C)c1. The summed E-state index contributed by atoms with van der Waals surface area (Å²) in [6, 6.07) is 4.49. The molecule has 0 radical (unpaired) electrons. The van der Waals surface area contributed by atoms with Crippen LogP contribution in [0.2, 0.25) is 0 Å². The second-order valence-electron chi connectivity index (χ2n) is 5.70. The van der Waals surface area contributed by atoms with E-state index in [0.717, 1.165) is 12.8 Å². The van der Waals surface area contributed by atoms with Crippen molar-refractivity contribution in [3.63, 3.8) is 0 Å². The molecule has 0 saturated heterocycles.